The van der Waals surface area contributed by atoms with E-state index in [1.807, 2.05) is 0 Å². The Hall–Kier alpha value is -0.110. The van der Waals surface area contributed by atoms with Gasteiger partial charge in [0, 0.05) is 6.04 Å². The van der Waals surface area contributed by atoms with Gasteiger partial charge in [-0.1, -0.05) is 6.92 Å². The Balaban J connectivity index is 2.27. The highest BCUT2D eigenvalue weighted by molar-refractivity contribution is 4.77. The van der Waals surface area contributed by atoms with Gasteiger partial charge in [0.05, 0.1) is 0 Å². The van der Waals surface area contributed by atoms with Crippen molar-refractivity contribution in [2.24, 2.45) is 0 Å². The lowest BCUT2D eigenvalue weighted by molar-refractivity contribution is 0.215. The van der Waals surface area contributed by atoms with E-state index in [2.05, 4.69) is 11.8 Å². The zero-order valence-corrected chi connectivity index (χ0v) is 6.65. The number of alkyl halides is 1. The predicted octanol–water partition coefficient (Wildman–Crippen LogP) is 1.83. The van der Waals surface area contributed by atoms with Crippen LogP contribution in [0, 0.1) is 0 Å². The molecule has 0 aliphatic carbocycles. The smallest absolute Gasteiger partial charge is 0.105 e. The van der Waals surface area contributed by atoms with E-state index in [1.54, 1.807) is 0 Å². The Morgan fingerprint density at radius 1 is 1.60 bits per heavy atom. The van der Waals surface area contributed by atoms with Crippen molar-refractivity contribution in [2.45, 2.75) is 32.2 Å². The van der Waals surface area contributed by atoms with Gasteiger partial charge in [0.2, 0.25) is 0 Å². The van der Waals surface area contributed by atoms with Crippen LogP contribution in [0.4, 0.5) is 4.39 Å². The Bertz CT molecular complexity index is 95.3. The van der Waals surface area contributed by atoms with Crippen molar-refractivity contribution in [3.05, 3.63) is 0 Å². The molecule has 0 saturated carbocycles. The summed E-state index contributed by atoms with van der Waals surface area (Å²) < 4.78 is 12.2. The third kappa shape index (κ3) is 1.69. The molecule has 1 unspecified atom stereocenters. The maximum Gasteiger partial charge on any atom is 0.105 e. The van der Waals surface area contributed by atoms with Gasteiger partial charge in [-0.3, -0.25) is 4.90 Å². The molecule has 1 fully saturated rings. The highest BCUT2D eigenvalue weighted by Gasteiger charge is 2.22. The highest BCUT2D eigenvalue weighted by atomic mass is 19.1. The van der Waals surface area contributed by atoms with Crippen LogP contribution in [0.3, 0.4) is 0 Å². The summed E-state index contributed by atoms with van der Waals surface area (Å²) in [6.07, 6.45) is 3.40. The molecule has 1 rings (SSSR count). The molecule has 1 nitrogen and oxygen atoms in total. The number of halogens is 1. The fourth-order valence-corrected chi connectivity index (χ4v) is 1.65. The first-order valence-corrected chi connectivity index (χ1v) is 4.18. The first kappa shape index (κ1) is 7.99. The normalized spacial score (nSPS) is 27.6. The number of likely N-dealkylation sites (tertiary alicyclic amines) is 1. The van der Waals surface area contributed by atoms with Gasteiger partial charge in [-0.25, -0.2) is 4.39 Å². The molecule has 1 saturated heterocycles. The van der Waals surface area contributed by atoms with E-state index in [4.69, 9.17) is 0 Å². The number of hydrogen-bond acceptors (Lipinski definition) is 1. The van der Waals surface area contributed by atoms with Crippen molar-refractivity contribution in [1.29, 1.82) is 0 Å². The van der Waals surface area contributed by atoms with E-state index < -0.39 is 0 Å². The van der Waals surface area contributed by atoms with Crippen molar-refractivity contribution in [1.82, 2.24) is 4.90 Å². The molecule has 1 aliphatic rings. The van der Waals surface area contributed by atoms with Gasteiger partial charge in [0.25, 0.3) is 0 Å². The molecule has 0 aromatic carbocycles. The molecule has 1 heterocycles. The maximum atomic E-state index is 12.2. The third-order valence-electron chi connectivity index (χ3n) is 2.19. The molecule has 0 N–H and O–H groups in total. The van der Waals surface area contributed by atoms with Crippen molar-refractivity contribution in [2.75, 3.05) is 19.8 Å². The van der Waals surface area contributed by atoms with Gasteiger partial charge in [0.1, 0.15) is 6.67 Å². The van der Waals surface area contributed by atoms with Crippen molar-refractivity contribution in [3.8, 4) is 0 Å². The summed E-state index contributed by atoms with van der Waals surface area (Å²) >= 11 is 0. The molecule has 0 bridgehead atoms. The van der Waals surface area contributed by atoms with Gasteiger partial charge in [0.15, 0.2) is 0 Å². The molecule has 0 aromatic rings. The molecule has 60 valence electrons. The lowest BCUT2D eigenvalue weighted by Crippen LogP contribution is -2.31. The molecule has 2 heteroatoms. The molecule has 0 aromatic heterocycles. The lowest BCUT2D eigenvalue weighted by atomic mass is 10.2. The van der Waals surface area contributed by atoms with E-state index in [0.29, 0.717) is 0 Å². The summed E-state index contributed by atoms with van der Waals surface area (Å²) in [5, 5.41) is 0. The topological polar surface area (TPSA) is 3.24 Å². The maximum absolute atomic E-state index is 12.2. The van der Waals surface area contributed by atoms with Gasteiger partial charge in [-0.2, -0.15) is 0 Å². The number of hydrogen-bond donors (Lipinski definition) is 0. The van der Waals surface area contributed by atoms with Crippen molar-refractivity contribution < 1.29 is 4.39 Å². The lowest BCUT2D eigenvalue weighted by Gasteiger charge is -2.20. The third-order valence-corrected chi connectivity index (χ3v) is 2.19. The quantitative estimate of drug-likeness (QED) is 0.585. The number of rotatable bonds is 3. The van der Waals surface area contributed by atoms with Gasteiger partial charge in [-0.15, -0.1) is 0 Å². The highest BCUT2D eigenvalue weighted by Crippen LogP contribution is 2.17. The van der Waals surface area contributed by atoms with E-state index in [0.717, 1.165) is 25.9 Å². The van der Waals surface area contributed by atoms with E-state index >= 15 is 0 Å². The average molecular weight is 145 g/mol. The van der Waals surface area contributed by atoms with Crippen LogP contribution < -0.4 is 0 Å². The van der Waals surface area contributed by atoms with E-state index in [1.165, 1.54) is 6.42 Å². The Kier molecular flexibility index (Phi) is 3.13. The fraction of sp³-hybridized carbons (Fsp3) is 1.00. The summed E-state index contributed by atoms with van der Waals surface area (Å²) in [5.74, 6) is 0. The monoisotopic (exact) mass is 145 g/mol. The van der Waals surface area contributed by atoms with Crippen molar-refractivity contribution in [3.63, 3.8) is 0 Å². The standard InChI is InChI=1S/C8H16FN/c1-2-5-10-6-3-4-8(10)7-9/h8H,2-7H2,1H3. The molecule has 10 heavy (non-hydrogen) atoms. The van der Waals surface area contributed by atoms with Crippen molar-refractivity contribution >= 4 is 0 Å². The zero-order chi connectivity index (χ0) is 7.40. The minimum atomic E-state index is -0.153. The summed E-state index contributed by atoms with van der Waals surface area (Å²) in [5.41, 5.74) is 0. The van der Waals surface area contributed by atoms with Crippen LogP contribution in [-0.2, 0) is 0 Å². The molecule has 0 radical (unpaired) electrons. The second kappa shape index (κ2) is 3.91. The number of nitrogens with zero attached hydrogens (tertiary/aromatic N) is 1. The van der Waals surface area contributed by atoms with Crippen LogP contribution >= 0.6 is 0 Å². The predicted molar refractivity (Wildman–Crippen MR) is 40.9 cm³/mol. The van der Waals surface area contributed by atoms with Gasteiger partial charge in [-0.05, 0) is 32.4 Å². The summed E-state index contributed by atoms with van der Waals surface area (Å²) in [7, 11) is 0. The zero-order valence-electron chi connectivity index (χ0n) is 6.65. The van der Waals surface area contributed by atoms with Crippen LogP contribution in [0.1, 0.15) is 26.2 Å². The van der Waals surface area contributed by atoms with Crippen LogP contribution in [-0.4, -0.2) is 30.7 Å². The average Bonchev–Trinajstić information content (AvgIpc) is 2.36. The minimum absolute atomic E-state index is 0.153. The Morgan fingerprint density at radius 2 is 2.40 bits per heavy atom. The fourth-order valence-electron chi connectivity index (χ4n) is 1.65. The molecule has 1 aliphatic heterocycles. The first-order valence-electron chi connectivity index (χ1n) is 4.18. The van der Waals surface area contributed by atoms with E-state index in [9.17, 15) is 4.39 Å². The van der Waals surface area contributed by atoms with Crippen LogP contribution in [0.2, 0.25) is 0 Å². The van der Waals surface area contributed by atoms with Crippen LogP contribution in [0.5, 0.6) is 0 Å². The first-order chi connectivity index (χ1) is 4.88. The largest absolute Gasteiger partial charge is 0.298 e. The van der Waals surface area contributed by atoms with E-state index in [-0.39, 0.29) is 12.7 Å². The molecular weight excluding hydrogens is 129 g/mol. The Labute approximate surface area is 62.2 Å². The second-order valence-electron chi connectivity index (χ2n) is 2.99. The second-order valence-corrected chi connectivity index (χ2v) is 2.99. The molecule has 0 spiro atoms. The molecule has 1 atom stereocenters. The summed E-state index contributed by atoms with van der Waals surface area (Å²) in [6, 6.07) is 0.250. The van der Waals surface area contributed by atoms with Gasteiger partial charge >= 0.3 is 0 Å². The summed E-state index contributed by atoms with van der Waals surface area (Å²) in [6.45, 7) is 4.19. The minimum Gasteiger partial charge on any atom is -0.298 e. The van der Waals surface area contributed by atoms with Crippen LogP contribution in [0.25, 0.3) is 0 Å². The van der Waals surface area contributed by atoms with Gasteiger partial charge < -0.3 is 0 Å². The SMILES string of the molecule is CCCN1CCCC1CF. The Morgan fingerprint density at radius 3 is 3.00 bits per heavy atom. The molecule has 0 amide bonds. The van der Waals surface area contributed by atoms with Crippen LogP contribution in [0.15, 0.2) is 0 Å². The molecular formula is C8H16FN. The summed E-state index contributed by atoms with van der Waals surface area (Å²) in [4.78, 5) is 2.26.